The number of thiophene rings is 1. The van der Waals surface area contributed by atoms with Gasteiger partial charge in [-0.25, -0.2) is 0 Å². The number of hydrogen-bond donors (Lipinski definition) is 0. The van der Waals surface area contributed by atoms with Crippen molar-refractivity contribution >= 4 is 27.3 Å². The van der Waals surface area contributed by atoms with Crippen LogP contribution in [0.2, 0.25) is 0 Å². The fourth-order valence-electron chi connectivity index (χ4n) is 1.17. The van der Waals surface area contributed by atoms with E-state index in [4.69, 9.17) is 0 Å². The molecule has 0 aliphatic rings. The van der Waals surface area contributed by atoms with Crippen molar-refractivity contribution in [3.8, 4) is 0 Å². The second kappa shape index (κ2) is 5.76. The lowest BCUT2D eigenvalue weighted by Gasteiger charge is -2.06. The van der Waals surface area contributed by atoms with E-state index in [1.54, 1.807) is 0 Å². The van der Waals surface area contributed by atoms with Crippen LogP contribution in [0.3, 0.4) is 0 Å². The van der Waals surface area contributed by atoms with Crippen LogP contribution in [0.25, 0.3) is 0 Å². The van der Waals surface area contributed by atoms with Gasteiger partial charge in [-0.1, -0.05) is 41.8 Å². The number of halogens is 1. The van der Waals surface area contributed by atoms with Crippen LogP contribution in [-0.2, 0) is 6.42 Å². The van der Waals surface area contributed by atoms with E-state index in [-0.39, 0.29) is 0 Å². The van der Waals surface area contributed by atoms with E-state index in [9.17, 15) is 0 Å². The van der Waals surface area contributed by atoms with Crippen LogP contribution in [0.4, 0.5) is 0 Å². The van der Waals surface area contributed by atoms with E-state index in [2.05, 4.69) is 40.4 Å². The third kappa shape index (κ3) is 3.72. The Balaban J connectivity index is 2.22. The minimum Gasteiger partial charge on any atom is -0.149 e. The normalized spacial score (nSPS) is 13.2. The van der Waals surface area contributed by atoms with Gasteiger partial charge in [0.05, 0.1) is 0 Å². The lowest BCUT2D eigenvalue weighted by molar-refractivity contribution is 0.690. The zero-order chi connectivity index (χ0) is 8.81. The maximum absolute atomic E-state index is 3.71. The summed E-state index contributed by atoms with van der Waals surface area (Å²) in [5.74, 6) is 0. The minimum absolute atomic E-state index is 0.677. The molecule has 0 amide bonds. The zero-order valence-corrected chi connectivity index (χ0v) is 9.83. The van der Waals surface area contributed by atoms with Crippen molar-refractivity contribution in [2.24, 2.45) is 0 Å². The van der Waals surface area contributed by atoms with Crippen LogP contribution in [0.5, 0.6) is 0 Å². The van der Waals surface area contributed by atoms with Crippen molar-refractivity contribution in [2.75, 3.05) is 0 Å². The largest absolute Gasteiger partial charge is 0.149 e. The lowest BCUT2D eigenvalue weighted by Crippen LogP contribution is -2.00. The minimum atomic E-state index is 0.677. The highest BCUT2D eigenvalue weighted by Gasteiger charge is 2.04. The Kier molecular flexibility index (Phi) is 4.93. The summed E-state index contributed by atoms with van der Waals surface area (Å²) in [5, 5.41) is 2.15. The van der Waals surface area contributed by atoms with Crippen molar-refractivity contribution in [3.05, 3.63) is 22.4 Å². The van der Waals surface area contributed by atoms with Crippen LogP contribution in [0, 0.1) is 0 Å². The fraction of sp³-hybridized carbons (Fsp3) is 0.600. The van der Waals surface area contributed by atoms with E-state index in [1.807, 2.05) is 11.3 Å². The molecule has 0 N–H and O–H groups in total. The summed E-state index contributed by atoms with van der Waals surface area (Å²) in [6.45, 7) is 2.24. The third-order valence-corrected chi connectivity index (χ3v) is 3.55. The molecule has 0 aromatic carbocycles. The average Bonchev–Trinajstić information content (AvgIpc) is 2.53. The van der Waals surface area contributed by atoms with E-state index in [1.165, 1.54) is 30.6 Å². The molecule has 0 saturated heterocycles. The SMILES string of the molecule is CCCCC(Br)Cc1cccs1. The topological polar surface area (TPSA) is 0 Å². The quantitative estimate of drug-likeness (QED) is 0.682. The van der Waals surface area contributed by atoms with Gasteiger partial charge in [0.15, 0.2) is 0 Å². The van der Waals surface area contributed by atoms with Gasteiger partial charge in [-0.05, 0) is 24.3 Å². The summed E-state index contributed by atoms with van der Waals surface area (Å²) in [5.41, 5.74) is 0. The molecule has 1 rings (SSSR count). The molecule has 1 aromatic rings. The maximum atomic E-state index is 3.71. The molecule has 0 spiro atoms. The van der Waals surface area contributed by atoms with Gasteiger partial charge < -0.3 is 0 Å². The smallest absolute Gasteiger partial charge is 0.0194 e. The van der Waals surface area contributed by atoms with Gasteiger partial charge in [0.25, 0.3) is 0 Å². The number of rotatable bonds is 5. The summed E-state index contributed by atoms with van der Waals surface area (Å²) >= 11 is 5.56. The molecular weight excluding hydrogens is 232 g/mol. The first-order valence-electron chi connectivity index (χ1n) is 4.49. The zero-order valence-electron chi connectivity index (χ0n) is 7.42. The Morgan fingerprint density at radius 2 is 2.42 bits per heavy atom. The van der Waals surface area contributed by atoms with E-state index in [0.717, 1.165) is 0 Å². The van der Waals surface area contributed by atoms with Gasteiger partial charge in [0, 0.05) is 9.70 Å². The Labute approximate surface area is 87.1 Å². The molecule has 1 heterocycles. The number of alkyl halides is 1. The Bertz CT molecular complexity index is 194. The molecule has 0 bridgehead atoms. The highest BCUT2D eigenvalue weighted by molar-refractivity contribution is 9.09. The Hall–Kier alpha value is 0.180. The second-order valence-corrected chi connectivity index (χ2v) is 5.35. The summed E-state index contributed by atoms with van der Waals surface area (Å²) in [4.78, 5) is 2.17. The molecule has 0 aliphatic heterocycles. The molecule has 0 aliphatic carbocycles. The molecule has 0 nitrogen and oxygen atoms in total. The first-order chi connectivity index (χ1) is 5.83. The highest BCUT2D eigenvalue weighted by atomic mass is 79.9. The number of hydrogen-bond acceptors (Lipinski definition) is 1. The summed E-state index contributed by atoms with van der Waals surface area (Å²) in [6.07, 6.45) is 5.12. The molecule has 2 heteroatoms. The molecule has 68 valence electrons. The van der Waals surface area contributed by atoms with Crippen LogP contribution < -0.4 is 0 Å². The van der Waals surface area contributed by atoms with Crippen LogP contribution in [0.15, 0.2) is 17.5 Å². The molecular formula is C10H15BrS. The lowest BCUT2D eigenvalue weighted by atomic mass is 10.1. The molecule has 1 unspecified atom stereocenters. The van der Waals surface area contributed by atoms with Gasteiger partial charge in [0.1, 0.15) is 0 Å². The third-order valence-electron chi connectivity index (χ3n) is 1.87. The standard InChI is InChI=1S/C10H15BrS/c1-2-3-5-9(11)8-10-6-4-7-12-10/h4,6-7,9H,2-3,5,8H2,1H3. The Morgan fingerprint density at radius 1 is 1.58 bits per heavy atom. The van der Waals surface area contributed by atoms with Gasteiger partial charge >= 0.3 is 0 Å². The molecule has 1 aromatic heterocycles. The molecule has 0 saturated carbocycles. The molecule has 1 atom stereocenters. The Morgan fingerprint density at radius 3 is 3.00 bits per heavy atom. The van der Waals surface area contributed by atoms with E-state index >= 15 is 0 Å². The van der Waals surface area contributed by atoms with Crippen molar-refractivity contribution in [1.29, 1.82) is 0 Å². The number of unbranched alkanes of at least 4 members (excludes halogenated alkanes) is 1. The van der Waals surface area contributed by atoms with E-state index < -0.39 is 0 Å². The first kappa shape index (κ1) is 10.3. The van der Waals surface area contributed by atoms with Crippen molar-refractivity contribution in [1.82, 2.24) is 0 Å². The van der Waals surface area contributed by atoms with Gasteiger partial charge in [-0.2, -0.15) is 0 Å². The van der Waals surface area contributed by atoms with Crippen LogP contribution >= 0.6 is 27.3 Å². The summed E-state index contributed by atoms with van der Waals surface area (Å²) in [7, 11) is 0. The summed E-state index contributed by atoms with van der Waals surface area (Å²) < 4.78 is 0. The maximum Gasteiger partial charge on any atom is 0.0194 e. The predicted molar refractivity (Wildman–Crippen MR) is 60.3 cm³/mol. The highest BCUT2D eigenvalue weighted by Crippen LogP contribution is 2.18. The van der Waals surface area contributed by atoms with Crippen LogP contribution in [-0.4, -0.2) is 4.83 Å². The van der Waals surface area contributed by atoms with Gasteiger partial charge in [-0.3, -0.25) is 0 Å². The monoisotopic (exact) mass is 246 g/mol. The van der Waals surface area contributed by atoms with Crippen molar-refractivity contribution in [2.45, 2.75) is 37.4 Å². The molecule has 12 heavy (non-hydrogen) atoms. The van der Waals surface area contributed by atoms with Crippen LogP contribution in [0.1, 0.15) is 31.1 Å². The second-order valence-electron chi connectivity index (χ2n) is 3.02. The molecule has 0 radical (unpaired) electrons. The first-order valence-corrected chi connectivity index (χ1v) is 6.29. The average molecular weight is 247 g/mol. The molecule has 0 fully saturated rings. The van der Waals surface area contributed by atoms with Gasteiger partial charge in [0.2, 0.25) is 0 Å². The van der Waals surface area contributed by atoms with Crippen molar-refractivity contribution in [3.63, 3.8) is 0 Å². The van der Waals surface area contributed by atoms with E-state index in [0.29, 0.717) is 4.83 Å². The van der Waals surface area contributed by atoms with Crippen molar-refractivity contribution < 1.29 is 0 Å². The van der Waals surface area contributed by atoms with Gasteiger partial charge in [-0.15, -0.1) is 11.3 Å². The summed E-state index contributed by atoms with van der Waals surface area (Å²) in [6, 6.07) is 4.34. The fourth-order valence-corrected chi connectivity index (χ4v) is 2.85. The predicted octanol–water partition coefficient (Wildman–Crippen LogP) is 4.24.